The third-order valence-electron chi connectivity index (χ3n) is 3.51. The molecule has 0 saturated heterocycles. The maximum Gasteiger partial charge on any atom is 0.332 e. The highest BCUT2D eigenvalue weighted by Gasteiger charge is 2.40. The second-order valence-electron chi connectivity index (χ2n) is 6.17. The molecule has 19 heavy (non-hydrogen) atoms. The van der Waals surface area contributed by atoms with Gasteiger partial charge in [-0.05, 0) is 33.2 Å². The number of nitrogens with zero attached hydrogens (tertiary/aromatic N) is 1. The van der Waals surface area contributed by atoms with Crippen molar-refractivity contribution in [1.82, 2.24) is 4.57 Å². The molecule has 1 heterocycles. The molecule has 0 spiro atoms. The first kappa shape index (κ1) is 16.0. The van der Waals surface area contributed by atoms with Gasteiger partial charge < -0.3 is 14.3 Å². The van der Waals surface area contributed by atoms with Gasteiger partial charge in [0.25, 0.3) is 5.56 Å². The molecule has 0 aliphatic rings. The predicted octanol–water partition coefficient (Wildman–Crippen LogP) is 0.972. The molecule has 1 aromatic heterocycles. The molecule has 0 aliphatic carbocycles. The molecule has 4 nitrogen and oxygen atoms in total. The van der Waals surface area contributed by atoms with Crippen LogP contribution in [0.5, 0.6) is 0 Å². The lowest BCUT2D eigenvalue weighted by atomic mass is 9.83. The molecule has 0 bridgehead atoms. The van der Waals surface area contributed by atoms with E-state index in [1.807, 2.05) is 41.5 Å². The van der Waals surface area contributed by atoms with Crippen molar-refractivity contribution in [3.8, 4) is 0 Å². The molecule has 0 amide bonds. The van der Waals surface area contributed by atoms with E-state index in [1.54, 1.807) is 24.3 Å². The lowest BCUT2D eigenvalue weighted by Crippen LogP contribution is -2.49. The van der Waals surface area contributed by atoms with Gasteiger partial charge in [-0.25, -0.2) is 0 Å². The van der Waals surface area contributed by atoms with Crippen LogP contribution >= 0.6 is 0 Å². The highest BCUT2D eigenvalue weighted by Crippen LogP contribution is 2.24. The molecule has 1 aromatic rings. The first-order chi connectivity index (χ1) is 8.54. The second-order valence-corrected chi connectivity index (χ2v) is 6.17. The average Bonchev–Trinajstić information content (AvgIpc) is 2.26. The quantitative estimate of drug-likeness (QED) is 0.588. The third-order valence-corrected chi connectivity index (χ3v) is 3.51. The number of hydrogen-bond acceptors (Lipinski definition) is 2. The zero-order valence-corrected chi connectivity index (χ0v) is 12.7. The summed E-state index contributed by atoms with van der Waals surface area (Å²) < 4.78 is 7.39. The van der Waals surface area contributed by atoms with Crippen molar-refractivity contribution in [3.05, 3.63) is 28.7 Å². The number of pyridine rings is 1. The molecule has 0 aliphatic heterocycles. The van der Waals surface area contributed by atoms with E-state index in [0.29, 0.717) is 0 Å². The van der Waals surface area contributed by atoms with Gasteiger partial charge in [0, 0.05) is 32.2 Å². The third kappa shape index (κ3) is 3.95. The minimum atomic E-state index is -0.712. The van der Waals surface area contributed by atoms with Gasteiger partial charge in [0.2, 0.25) is 0 Å². The Kier molecular flexibility index (Phi) is 4.64. The van der Waals surface area contributed by atoms with Crippen LogP contribution < -0.4 is 11.0 Å². The molecule has 5 heteroatoms. The van der Waals surface area contributed by atoms with Crippen LogP contribution in [-0.4, -0.2) is 28.4 Å². The van der Waals surface area contributed by atoms with Crippen LogP contribution in [0.3, 0.4) is 0 Å². The first-order valence-corrected chi connectivity index (χ1v) is 6.53. The number of hydrogen-bond donors (Lipinski definition) is 0. The maximum atomic E-state index is 11.7. The molecule has 1 rings (SSSR count). The summed E-state index contributed by atoms with van der Waals surface area (Å²) in [6, 6.07) is 3.38. The van der Waals surface area contributed by atoms with Gasteiger partial charge >= 0.3 is 7.48 Å². The van der Waals surface area contributed by atoms with Crippen molar-refractivity contribution in [1.29, 1.82) is 0 Å². The SMILES string of the molecule is CC(C)n1cc([B]OC(C)(C)C(C)(C)[OH2+])ccc1=O. The van der Waals surface area contributed by atoms with Gasteiger partial charge in [-0.2, -0.15) is 0 Å². The Labute approximate surface area is 115 Å². The summed E-state index contributed by atoms with van der Waals surface area (Å²) in [7, 11) is 1.62. The highest BCUT2D eigenvalue weighted by molar-refractivity contribution is 6.46. The summed E-state index contributed by atoms with van der Waals surface area (Å²) in [5.41, 5.74) is -0.514. The fourth-order valence-corrected chi connectivity index (χ4v) is 1.36. The van der Waals surface area contributed by atoms with E-state index in [9.17, 15) is 4.79 Å². The smallest absolute Gasteiger partial charge is 0.332 e. The van der Waals surface area contributed by atoms with Crippen molar-refractivity contribution in [2.45, 2.75) is 58.8 Å². The molecular weight excluding hydrogens is 241 g/mol. The molecule has 0 saturated carbocycles. The Morgan fingerprint density at radius 3 is 2.32 bits per heavy atom. The average molecular weight is 265 g/mol. The summed E-state index contributed by atoms with van der Waals surface area (Å²) in [5.74, 6) is 0. The lowest BCUT2D eigenvalue weighted by molar-refractivity contribution is -0.0893. The first-order valence-electron chi connectivity index (χ1n) is 6.53. The van der Waals surface area contributed by atoms with Crippen molar-refractivity contribution in [2.24, 2.45) is 0 Å². The second kappa shape index (κ2) is 5.51. The van der Waals surface area contributed by atoms with Crippen LogP contribution in [0.25, 0.3) is 0 Å². The normalized spacial score (nSPS) is 12.8. The van der Waals surface area contributed by atoms with E-state index in [2.05, 4.69) is 0 Å². The summed E-state index contributed by atoms with van der Waals surface area (Å²) in [5, 5.41) is 8.04. The largest absolute Gasteiger partial charge is 0.439 e. The molecule has 105 valence electrons. The molecular formula is C14H24BNO3+. The fraction of sp³-hybridized carbons (Fsp3) is 0.643. The van der Waals surface area contributed by atoms with Crippen LogP contribution in [-0.2, 0) is 4.65 Å². The Morgan fingerprint density at radius 2 is 1.84 bits per heavy atom. The van der Waals surface area contributed by atoms with Gasteiger partial charge in [0.1, 0.15) is 5.60 Å². The lowest BCUT2D eigenvalue weighted by Gasteiger charge is -2.33. The number of rotatable bonds is 5. The number of aromatic nitrogens is 1. The van der Waals surface area contributed by atoms with Crippen molar-refractivity contribution in [2.75, 3.05) is 0 Å². The molecule has 0 atom stereocenters. The summed E-state index contributed by atoms with van der Waals surface area (Å²) in [6.07, 6.45) is 1.78. The summed E-state index contributed by atoms with van der Waals surface area (Å²) in [4.78, 5) is 11.7. The van der Waals surface area contributed by atoms with Crippen molar-refractivity contribution in [3.63, 3.8) is 0 Å². The Morgan fingerprint density at radius 1 is 1.26 bits per heavy atom. The highest BCUT2D eigenvalue weighted by atomic mass is 16.5. The fourth-order valence-electron chi connectivity index (χ4n) is 1.36. The monoisotopic (exact) mass is 265 g/mol. The van der Waals surface area contributed by atoms with E-state index < -0.39 is 11.2 Å². The zero-order chi connectivity index (χ0) is 14.8. The minimum absolute atomic E-state index is 0.0211. The van der Waals surface area contributed by atoms with Gasteiger partial charge in [0.15, 0.2) is 5.60 Å². The van der Waals surface area contributed by atoms with Gasteiger partial charge in [-0.1, -0.05) is 6.07 Å². The van der Waals surface area contributed by atoms with Crippen LogP contribution in [0.15, 0.2) is 23.1 Å². The van der Waals surface area contributed by atoms with E-state index in [1.165, 1.54) is 6.07 Å². The van der Waals surface area contributed by atoms with Gasteiger partial charge in [-0.15, -0.1) is 0 Å². The maximum absolute atomic E-state index is 11.7. The molecule has 0 fully saturated rings. The molecule has 1 radical (unpaired) electrons. The Hall–Kier alpha value is -1.07. The Bertz CT molecular complexity index is 486. The van der Waals surface area contributed by atoms with Crippen molar-refractivity contribution >= 4 is 12.9 Å². The zero-order valence-electron chi connectivity index (χ0n) is 12.7. The minimum Gasteiger partial charge on any atom is -0.439 e. The van der Waals surface area contributed by atoms with Crippen molar-refractivity contribution < 1.29 is 9.76 Å². The van der Waals surface area contributed by atoms with Crippen LogP contribution in [0, 0.1) is 0 Å². The Balaban J connectivity index is 2.85. The van der Waals surface area contributed by atoms with Crippen LogP contribution in [0.2, 0.25) is 0 Å². The standard InChI is InChI=1S/C14H23BNO3/c1-10(2)16-9-11(7-8-12(16)17)15-19-14(5,6)13(3,4)18/h7-10,18H,1-6H3/p+1. The van der Waals surface area contributed by atoms with E-state index in [-0.39, 0.29) is 11.6 Å². The van der Waals surface area contributed by atoms with E-state index in [0.717, 1.165) is 5.46 Å². The summed E-state index contributed by atoms with van der Waals surface area (Å²) in [6.45, 7) is 11.3. The van der Waals surface area contributed by atoms with Gasteiger partial charge in [0.05, 0.1) is 0 Å². The summed E-state index contributed by atoms with van der Waals surface area (Å²) >= 11 is 0. The van der Waals surface area contributed by atoms with E-state index >= 15 is 0 Å². The topological polar surface area (TPSA) is 54.1 Å². The molecule has 0 aromatic carbocycles. The van der Waals surface area contributed by atoms with Crippen LogP contribution in [0.1, 0.15) is 47.6 Å². The molecule has 0 unspecified atom stereocenters. The van der Waals surface area contributed by atoms with Gasteiger partial charge in [-0.3, -0.25) is 4.79 Å². The molecule has 2 N–H and O–H groups in total. The van der Waals surface area contributed by atoms with Crippen LogP contribution in [0.4, 0.5) is 0 Å². The predicted molar refractivity (Wildman–Crippen MR) is 79.3 cm³/mol. The van der Waals surface area contributed by atoms with E-state index in [4.69, 9.17) is 9.76 Å².